The lowest BCUT2D eigenvalue weighted by atomic mass is 9.95. The minimum atomic E-state index is -0.912. The number of hydrogen-bond acceptors (Lipinski definition) is 6. The number of pyridine rings is 1. The van der Waals surface area contributed by atoms with Crippen LogP contribution >= 0.6 is 0 Å². The Balaban J connectivity index is 1.88. The van der Waals surface area contributed by atoms with Crippen molar-refractivity contribution in [2.24, 2.45) is 0 Å². The summed E-state index contributed by atoms with van der Waals surface area (Å²) in [5.74, 6) is -2.30. The van der Waals surface area contributed by atoms with Crippen LogP contribution in [-0.4, -0.2) is 40.9 Å². The van der Waals surface area contributed by atoms with Gasteiger partial charge < -0.3 is 19.5 Å². The van der Waals surface area contributed by atoms with E-state index < -0.39 is 29.3 Å². The molecule has 0 saturated carbocycles. The molecule has 1 N–H and O–H groups in total. The molecule has 3 aromatic rings. The molecule has 33 heavy (non-hydrogen) atoms. The molecule has 8 heteroatoms. The van der Waals surface area contributed by atoms with Crippen LogP contribution in [-0.2, 0) is 16.1 Å². The molecule has 168 valence electrons. The Bertz CT molecular complexity index is 1240. The van der Waals surface area contributed by atoms with Crippen LogP contribution in [0.25, 0.3) is 5.76 Å². The maximum atomic E-state index is 14.3. The highest BCUT2D eigenvalue weighted by Gasteiger charge is 2.46. The van der Waals surface area contributed by atoms with Gasteiger partial charge in [0.15, 0.2) is 11.6 Å². The van der Waals surface area contributed by atoms with E-state index in [-0.39, 0.29) is 23.4 Å². The van der Waals surface area contributed by atoms with Crippen LogP contribution in [0.4, 0.5) is 4.39 Å². The number of hydrogen-bond donors (Lipinski definition) is 1. The van der Waals surface area contributed by atoms with Gasteiger partial charge in [-0.05, 0) is 47.5 Å². The highest BCUT2D eigenvalue weighted by atomic mass is 19.1. The van der Waals surface area contributed by atoms with Crippen LogP contribution < -0.4 is 9.47 Å². The van der Waals surface area contributed by atoms with Crippen molar-refractivity contribution in [2.75, 3.05) is 14.2 Å². The van der Waals surface area contributed by atoms with Crippen molar-refractivity contribution in [3.8, 4) is 11.5 Å². The van der Waals surface area contributed by atoms with Crippen LogP contribution in [0.2, 0.25) is 0 Å². The molecular formula is C25H21FN2O5. The average Bonchev–Trinajstić information content (AvgIpc) is 3.09. The van der Waals surface area contributed by atoms with Gasteiger partial charge in [-0.1, -0.05) is 18.2 Å². The van der Waals surface area contributed by atoms with E-state index in [4.69, 9.17) is 9.47 Å². The maximum absolute atomic E-state index is 14.3. The van der Waals surface area contributed by atoms with E-state index in [2.05, 4.69) is 4.98 Å². The molecule has 1 atom stereocenters. The predicted octanol–water partition coefficient (Wildman–Crippen LogP) is 3.86. The van der Waals surface area contributed by atoms with Gasteiger partial charge in [0.25, 0.3) is 11.7 Å². The Morgan fingerprint density at radius 2 is 1.91 bits per heavy atom. The van der Waals surface area contributed by atoms with E-state index in [1.807, 2.05) is 0 Å². The second kappa shape index (κ2) is 9.12. The minimum absolute atomic E-state index is 0.00655. The Morgan fingerprint density at radius 3 is 2.58 bits per heavy atom. The number of likely N-dealkylation sites (tertiary alicyclic amines) is 1. The molecule has 7 nitrogen and oxygen atoms in total. The number of halogens is 1. The third kappa shape index (κ3) is 4.15. The fourth-order valence-corrected chi connectivity index (χ4v) is 3.86. The van der Waals surface area contributed by atoms with Gasteiger partial charge in [-0.2, -0.15) is 0 Å². The fourth-order valence-electron chi connectivity index (χ4n) is 3.86. The Labute approximate surface area is 189 Å². The molecule has 0 spiro atoms. The van der Waals surface area contributed by atoms with Gasteiger partial charge in [0.2, 0.25) is 0 Å². The molecule has 0 aliphatic carbocycles. The molecular weight excluding hydrogens is 427 g/mol. The molecule has 4 rings (SSSR count). The van der Waals surface area contributed by atoms with Gasteiger partial charge in [-0.3, -0.25) is 14.6 Å². The average molecular weight is 448 g/mol. The van der Waals surface area contributed by atoms with Crippen molar-refractivity contribution in [1.82, 2.24) is 9.88 Å². The second-order valence-electron chi connectivity index (χ2n) is 7.41. The summed E-state index contributed by atoms with van der Waals surface area (Å²) in [6, 6.07) is 13.3. The molecule has 1 aliphatic rings. The molecule has 1 aliphatic heterocycles. The van der Waals surface area contributed by atoms with Gasteiger partial charge in [-0.25, -0.2) is 4.39 Å². The topological polar surface area (TPSA) is 89.0 Å². The number of aromatic nitrogens is 1. The van der Waals surface area contributed by atoms with Crippen molar-refractivity contribution >= 4 is 17.4 Å². The summed E-state index contributed by atoms with van der Waals surface area (Å²) in [7, 11) is 2.83. The number of methoxy groups -OCH3 is 2. The zero-order valence-corrected chi connectivity index (χ0v) is 18.0. The Kier molecular flexibility index (Phi) is 6.08. The normalized spacial score (nSPS) is 17.3. The third-order valence-electron chi connectivity index (χ3n) is 5.45. The smallest absolute Gasteiger partial charge is 0.295 e. The molecule has 1 fully saturated rings. The van der Waals surface area contributed by atoms with Gasteiger partial charge in [0, 0.05) is 24.5 Å². The van der Waals surface area contributed by atoms with Gasteiger partial charge >= 0.3 is 0 Å². The van der Waals surface area contributed by atoms with E-state index in [9.17, 15) is 19.1 Å². The number of amides is 1. The molecule has 2 heterocycles. The molecule has 0 unspecified atom stereocenters. The third-order valence-corrected chi connectivity index (χ3v) is 5.45. The molecule has 1 aromatic heterocycles. The number of carbonyl (C=O) groups excluding carboxylic acids is 2. The lowest BCUT2D eigenvalue weighted by molar-refractivity contribution is -0.140. The van der Waals surface area contributed by atoms with E-state index >= 15 is 0 Å². The number of rotatable bonds is 6. The highest BCUT2D eigenvalue weighted by molar-refractivity contribution is 6.46. The summed E-state index contributed by atoms with van der Waals surface area (Å²) >= 11 is 0. The monoisotopic (exact) mass is 448 g/mol. The summed E-state index contributed by atoms with van der Waals surface area (Å²) < 4.78 is 24.5. The standard InChI is InChI=1S/C25H21FN2O5/c1-32-18-7-3-6-16(11-18)22-21(23(29)17-8-9-20(33-2)19(26)12-17)24(30)25(31)28(22)14-15-5-4-10-27-13-15/h3-13,22,29H,14H2,1-2H3/b23-21+/t22-/m1/s1. The van der Waals surface area contributed by atoms with Crippen LogP contribution in [0.1, 0.15) is 22.7 Å². The van der Waals surface area contributed by atoms with E-state index in [0.29, 0.717) is 16.9 Å². The number of aliphatic hydroxyl groups is 1. The number of aliphatic hydroxyl groups excluding tert-OH is 1. The van der Waals surface area contributed by atoms with Gasteiger partial charge in [-0.15, -0.1) is 0 Å². The van der Waals surface area contributed by atoms with Crippen molar-refractivity contribution in [1.29, 1.82) is 0 Å². The summed E-state index contributed by atoms with van der Waals surface area (Å²) in [6.07, 6.45) is 3.20. The van der Waals surface area contributed by atoms with Crippen LogP contribution in [0, 0.1) is 5.82 Å². The largest absolute Gasteiger partial charge is 0.507 e. The van der Waals surface area contributed by atoms with Crippen LogP contribution in [0.15, 0.2) is 72.6 Å². The summed E-state index contributed by atoms with van der Waals surface area (Å²) in [4.78, 5) is 31.6. The van der Waals surface area contributed by atoms with E-state index in [0.717, 1.165) is 6.07 Å². The SMILES string of the molecule is COc1cccc([C@@H]2/C(=C(\O)c3ccc(OC)c(F)c3)C(=O)C(=O)N2Cc2cccnc2)c1. The lowest BCUT2D eigenvalue weighted by Gasteiger charge is -2.25. The zero-order chi connectivity index (χ0) is 23.5. The van der Waals surface area contributed by atoms with Gasteiger partial charge in [0.1, 0.15) is 11.5 Å². The Morgan fingerprint density at radius 1 is 1.09 bits per heavy atom. The Hall–Kier alpha value is -4.20. The van der Waals surface area contributed by atoms with Crippen LogP contribution in [0.5, 0.6) is 11.5 Å². The maximum Gasteiger partial charge on any atom is 0.295 e. The summed E-state index contributed by atoms with van der Waals surface area (Å²) in [6.45, 7) is 0.0913. The fraction of sp³-hybridized carbons (Fsp3) is 0.160. The van der Waals surface area contributed by atoms with E-state index in [1.165, 1.54) is 31.3 Å². The zero-order valence-electron chi connectivity index (χ0n) is 18.0. The minimum Gasteiger partial charge on any atom is -0.507 e. The first kappa shape index (κ1) is 22.0. The molecule has 2 aromatic carbocycles. The van der Waals surface area contributed by atoms with Crippen molar-refractivity contribution < 1.29 is 28.6 Å². The second-order valence-corrected chi connectivity index (χ2v) is 7.41. The predicted molar refractivity (Wildman–Crippen MR) is 118 cm³/mol. The first-order valence-electron chi connectivity index (χ1n) is 10.1. The number of Topliss-reactive ketones (excluding diaryl/α,β-unsaturated/α-hetero) is 1. The molecule has 1 amide bonds. The first-order chi connectivity index (χ1) is 15.9. The summed E-state index contributed by atoms with van der Waals surface area (Å²) in [5.41, 5.74) is 1.19. The van der Waals surface area contributed by atoms with Crippen molar-refractivity contribution in [3.63, 3.8) is 0 Å². The number of benzene rings is 2. The van der Waals surface area contributed by atoms with Crippen molar-refractivity contribution in [2.45, 2.75) is 12.6 Å². The van der Waals surface area contributed by atoms with Crippen LogP contribution in [0.3, 0.4) is 0 Å². The quantitative estimate of drug-likeness (QED) is 0.350. The number of ketones is 1. The number of carbonyl (C=O) groups is 2. The van der Waals surface area contributed by atoms with E-state index in [1.54, 1.807) is 48.8 Å². The summed E-state index contributed by atoms with van der Waals surface area (Å²) in [5, 5.41) is 11.1. The molecule has 0 bridgehead atoms. The first-order valence-corrected chi connectivity index (χ1v) is 10.1. The van der Waals surface area contributed by atoms with Crippen molar-refractivity contribution in [3.05, 3.63) is 95.1 Å². The highest BCUT2D eigenvalue weighted by Crippen LogP contribution is 2.41. The number of nitrogens with zero attached hydrogens (tertiary/aromatic N) is 2. The van der Waals surface area contributed by atoms with Gasteiger partial charge in [0.05, 0.1) is 25.8 Å². The molecule has 1 saturated heterocycles. The lowest BCUT2D eigenvalue weighted by Crippen LogP contribution is -2.29. The molecule has 0 radical (unpaired) electrons. The number of ether oxygens (including phenoxy) is 2.